The van der Waals surface area contributed by atoms with Gasteiger partial charge in [0.15, 0.2) is 0 Å². The maximum absolute atomic E-state index is 11.1. The van der Waals surface area contributed by atoms with Crippen molar-refractivity contribution in [2.45, 2.75) is 20.8 Å². The molecule has 0 aliphatic rings. The molecule has 1 aromatic heterocycles. The summed E-state index contributed by atoms with van der Waals surface area (Å²) in [5.74, 6) is -0.919. The molecule has 3 nitrogen and oxygen atoms in total. The van der Waals surface area contributed by atoms with Gasteiger partial charge in [-0.2, -0.15) is 0 Å². The predicted octanol–water partition coefficient (Wildman–Crippen LogP) is 3.75. The van der Waals surface area contributed by atoms with Crippen molar-refractivity contribution >= 4 is 17.6 Å². The molecule has 2 rings (SSSR count). The Balaban J connectivity index is 2.68. The molecule has 0 saturated carbocycles. The van der Waals surface area contributed by atoms with E-state index in [1.165, 1.54) is 0 Å². The van der Waals surface area contributed by atoms with Crippen LogP contribution in [-0.4, -0.2) is 15.6 Å². The fraction of sp³-hybridized carbons (Fsp3) is 0.214. The molecule has 0 aliphatic carbocycles. The van der Waals surface area contributed by atoms with E-state index in [9.17, 15) is 4.79 Å². The highest BCUT2D eigenvalue weighted by molar-refractivity contribution is 6.32. The summed E-state index contributed by atoms with van der Waals surface area (Å²) in [4.78, 5) is 11.1. The summed E-state index contributed by atoms with van der Waals surface area (Å²) in [6.07, 6.45) is 0. The van der Waals surface area contributed by atoms with Crippen molar-refractivity contribution < 1.29 is 9.90 Å². The quantitative estimate of drug-likeness (QED) is 0.897. The predicted molar refractivity (Wildman–Crippen MR) is 71.9 cm³/mol. The number of aromatic nitrogens is 1. The Bertz CT molecular complexity index is 629. The number of hydrogen-bond donors (Lipinski definition) is 1. The zero-order chi connectivity index (χ0) is 13.4. The number of nitrogens with zero attached hydrogens (tertiary/aromatic N) is 1. The molecule has 0 bridgehead atoms. The Morgan fingerprint density at radius 3 is 2.39 bits per heavy atom. The first-order valence-electron chi connectivity index (χ1n) is 5.60. The van der Waals surface area contributed by atoms with Crippen LogP contribution in [0.15, 0.2) is 24.3 Å². The Kier molecular flexibility index (Phi) is 3.18. The van der Waals surface area contributed by atoms with Crippen LogP contribution < -0.4 is 0 Å². The molecule has 1 N–H and O–H groups in total. The van der Waals surface area contributed by atoms with Crippen LogP contribution >= 0.6 is 11.6 Å². The number of carboxylic acid groups (broad SMARTS) is 1. The zero-order valence-electron chi connectivity index (χ0n) is 10.5. The van der Waals surface area contributed by atoms with Gasteiger partial charge in [-0.3, -0.25) is 0 Å². The number of aromatic carboxylic acids is 1. The fourth-order valence-electron chi connectivity index (χ4n) is 2.14. The van der Waals surface area contributed by atoms with Gasteiger partial charge in [-0.1, -0.05) is 17.7 Å². The van der Waals surface area contributed by atoms with Crippen molar-refractivity contribution in [3.63, 3.8) is 0 Å². The third-order valence-corrected chi connectivity index (χ3v) is 3.31. The summed E-state index contributed by atoms with van der Waals surface area (Å²) < 4.78 is 1.87. The Morgan fingerprint density at radius 2 is 1.89 bits per heavy atom. The van der Waals surface area contributed by atoms with Gasteiger partial charge in [-0.25, -0.2) is 4.79 Å². The summed E-state index contributed by atoms with van der Waals surface area (Å²) in [6.45, 7) is 5.62. The maximum Gasteiger partial charge on any atom is 0.337 e. The van der Waals surface area contributed by atoms with Gasteiger partial charge in [-0.05, 0) is 44.5 Å². The van der Waals surface area contributed by atoms with Crippen LogP contribution in [0, 0.1) is 20.8 Å². The summed E-state index contributed by atoms with van der Waals surface area (Å²) in [7, 11) is 0. The molecule has 0 atom stereocenters. The van der Waals surface area contributed by atoms with E-state index >= 15 is 0 Å². The molecule has 2 aromatic rings. The second kappa shape index (κ2) is 4.50. The fourth-order valence-corrected chi connectivity index (χ4v) is 2.46. The summed E-state index contributed by atoms with van der Waals surface area (Å²) >= 11 is 6.23. The minimum Gasteiger partial charge on any atom is -0.478 e. The highest BCUT2D eigenvalue weighted by Crippen LogP contribution is 2.27. The van der Waals surface area contributed by atoms with Crippen LogP contribution in [0.4, 0.5) is 0 Å². The number of carboxylic acids is 1. The van der Waals surface area contributed by atoms with Gasteiger partial charge >= 0.3 is 5.97 Å². The number of rotatable bonds is 2. The van der Waals surface area contributed by atoms with E-state index in [0.29, 0.717) is 16.3 Å². The number of hydrogen-bond acceptors (Lipinski definition) is 1. The molecular formula is C14H14ClNO2. The van der Waals surface area contributed by atoms with Gasteiger partial charge in [0.05, 0.1) is 16.3 Å². The van der Waals surface area contributed by atoms with Crippen molar-refractivity contribution in [2.24, 2.45) is 0 Å². The van der Waals surface area contributed by atoms with E-state index in [-0.39, 0.29) is 0 Å². The molecule has 0 unspecified atom stereocenters. The third-order valence-electron chi connectivity index (χ3n) is 3.01. The number of carbonyl (C=O) groups is 1. The molecule has 0 aliphatic heterocycles. The largest absolute Gasteiger partial charge is 0.478 e. The van der Waals surface area contributed by atoms with Crippen molar-refractivity contribution in [2.75, 3.05) is 0 Å². The summed E-state index contributed by atoms with van der Waals surface area (Å²) in [5, 5.41) is 9.74. The third kappa shape index (κ3) is 2.02. The van der Waals surface area contributed by atoms with Crippen molar-refractivity contribution in [3.8, 4) is 5.69 Å². The lowest BCUT2D eigenvalue weighted by atomic mass is 10.2. The SMILES string of the molecule is Cc1ccc(-n2c(C)cc(C(=O)O)c2C)c(Cl)c1. The lowest BCUT2D eigenvalue weighted by Crippen LogP contribution is -2.03. The zero-order valence-corrected chi connectivity index (χ0v) is 11.2. The van der Waals surface area contributed by atoms with Crippen LogP contribution in [0.5, 0.6) is 0 Å². The van der Waals surface area contributed by atoms with Crippen LogP contribution in [0.3, 0.4) is 0 Å². The molecule has 0 amide bonds. The molecule has 0 spiro atoms. The average Bonchev–Trinajstić information content (AvgIpc) is 2.56. The summed E-state index contributed by atoms with van der Waals surface area (Å²) in [5.41, 5.74) is 3.74. The lowest BCUT2D eigenvalue weighted by molar-refractivity contribution is 0.0696. The first kappa shape index (κ1) is 12.7. The van der Waals surface area contributed by atoms with Crippen LogP contribution in [0.1, 0.15) is 27.3 Å². The molecule has 1 heterocycles. The van der Waals surface area contributed by atoms with E-state index < -0.39 is 5.97 Å². The topological polar surface area (TPSA) is 42.2 Å². The van der Waals surface area contributed by atoms with E-state index in [1.807, 2.05) is 36.6 Å². The van der Waals surface area contributed by atoms with E-state index in [1.54, 1.807) is 13.0 Å². The standard InChI is InChI=1S/C14H14ClNO2/c1-8-4-5-13(12(15)6-8)16-9(2)7-11(10(16)3)14(17)18/h4-7H,1-3H3,(H,17,18). The molecule has 0 fully saturated rings. The van der Waals surface area contributed by atoms with Crippen LogP contribution in [0.25, 0.3) is 5.69 Å². The first-order valence-corrected chi connectivity index (χ1v) is 5.98. The van der Waals surface area contributed by atoms with Gasteiger partial charge in [-0.15, -0.1) is 0 Å². The second-order valence-electron chi connectivity index (χ2n) is 4.38. The molecular weight excluding hydrogens is 250 g/mol. The Labute approximate surface area is 111 Å². The van der Waals surface area contributed by atoms with Gasteiger partial charge in [0, 0.05) is 11.4 Å². The molecule has 0 saturated heterocycles. The monoisotopic (exact) mass is 263 g/mol. The van der Waals surface area contributed by atoms with Crippen LogP contribution in [-0.2, 0) is 0 Å². The van der Waals surface area contributed by atoms with Crippen molar-refractivity contribution in [3.05, 3.63) is 51.8 Å². The minimum atomic E-state index is -0.919. The molecule has 18 heavy (non-hydrogen) atoms. The number of benzene rings is 1. The van der Waals surface area contributed by atoms with Crippen molar-refractivity contribution in [1.29, 1.82) is 0 Å². The average molecular weight is 264 g/mol. The number of aryl methyl sites for hydroxylation is 2. The normalized spacial score (nSPS) is 10.7. The maximum atomic E-state index is 11.1. The first-order chi connectivity index (χ1) is 8.41. The smallest absolute Gasteiger partial charge is 0.337 e. The van der Waals surface area contributed by atoms with E-state index in [0.717, 1.165) is 16.9 Å². The van der Waals surface area contributed by atoms with E-state index in [2.05, 4.69) is 0 Å². The van der Waals surface area contributed by atoms with E-state index in [4.69, 9.17) is 16.7 Å². The Morgan fingerprint density at radius 1 is 1.22 bits per heavy atom. The highest BCUT2D eigenvalue weighted by Gasteiger charge is 2.16. The Hall–Kier alpha value is -1.74. The summed E-state index contributed by atoms with van der Waals surface area (Å²) in [6, 6.07) is 7.40. The highest BCUT2D eigenvalue weighted by atomic mass is 35.5. The van der Waals surface area contributed by atoms with Crippen molar-refractivity contribution in [1.82, 2.24) is 4.57 Å². The lowest BCUT2D eigenvalue weighted by Gasteiger charge is -2.12. The van der Waals surface area contributed by atoms with Gasteiger partial charge in [0.1, 0.15) is 0 Å². The van der Waals surface area contributed by atoms with Gasteiger partial charge in [0.2, 0.25) is 0 Å². The molecule has 94 valence electrons. The molecule has 4 heteroatoms. The number of halogens is 1. The molecule has 0 radical (unpaired) electrons. The minimum absolute atomic E-state index is 0.309. The van der Waals surface area contributed by atoms with Gasteiger partial charge in [0.25, 0.3) is 0 Å². The van der Waals surface area contributed by atoms with Gasteiger partial charge < -0.3 is 9.67 Å². The second-order valence-corrected chi connectivity index (χ2v) is 4.79. The van der Waals surface area contributed by atoms with Crippen LogP contribution in [0.2, 0.25) is 5.02 Å². The molecule has 1 aromatic carbocycles.